The number of benzene rings is 2. The normalized spacial score (nSPS) is 10.4. The van der Waals surface area contributed by atoms with Crippen LogP contribution in [0.15, 0.2) is 60.8 Å². The minimum atomic E-state index is 0.682. The van der Waals surface area contributed by atoms with Gasteiger partial charge in [-0.25, -0.2) is 4.98 Å². The van der Waals surface area contributed by atoms with Gasteiger partial charge in [-0.1, -0.05) is 30.3 Å². The molecule has 3 aromatic rings. The number of fused-ring (bicyclic) bond motifs is 1. The number of hydrogen-bond donors (Lipinski definition) is 1. The molecular formula is C15H13N3. The van der Waals surface area contributed by atoms with E-state index in [4.69, 9.17) is 0 Å². The average molecular weight is 235 g/mol. The van der Waals surface area contributed by atoms with Crippen LogP contribution in [-0.2, 0) is 6.54 Å². The molecule has 0 unspecified atom stereocenters. The summed E-state index contributed by atoms with van der Waals surface area (Å²) in [6.07, 6.45) is 1.82. The van der Waals surface area contributed by atoms with E-state index in [0.29, 0.717) is 6.54 Å². The lowest BCUT2D eigenvalue weighted by atomic mass is 10.3. The third-order valence-electron chi connectivity index (χ3n) is 2.75. The fourth-order valence-electron chi connectivity index (χ4n) is 1.83. The zero-order valence-corrected chi connectivity index (χ0v) is 9.88. The maximum atomic E-state index is 4.57. The van der Waals surface area contributed by atoms with Crippen molar-refractivity contribution in [2.45, 2.75) is 6.54 Å². The van der Waals surface area contributed by atoms with Crippen LogP contribution in [0.5, 0.6) is 0 Å². The Kier molecular flexibility index (Phi) is 2.88. The molecule has 3 heteroatoms. The van der Waals surface area contributed by atoms with E-state index in [0.717, 1.165) is 22.4 Å². The molecule has 88 valence electrons. The molecule has 0 aliphatic carbocycles. The van der Waals surface area contributed by atoms with Gasteiger partial charge in [-0.2, -0.15) is 0 Å². The quantitative estimate of drug-likeness (QED) is 0.757. The predicted molar refractivity (Wildman–Crippen MR) is 73.3 cm³/mol. The van der Waals surface area contributed by atoms with Crippen LogP contribution in [0, 0.1) is 0 Å². The topological polar surface area (TPSA) is 37.8 Å². The lowest BCUT2D eigenvalue weighted by molar-refractivity contribution is 1.04. The largest absolute Gasteiger partial charge is 0.379 e. The summed E-state index contributed by atoms with van der Waals surface area (Å²) in [6, 6.07) is 18.0. The van der Waals surface area contributed by atoms with Crippen molar-refractivity contribution >= 4 is 16.7 Å². The number of rotatable bonds is 3. The van der Waals surface area contributed by atoms with E-state index in [9.17, 15) is 0 Å². The number of para-hydroxylation sites is 3. The lowest BCUT2D eigenvalue weighted by Gasteiger charge is -2.06. The Balaban J connectivity index is 1.79. The Morgan fingerprint density at radius 3 is 2.39 bits per heavy atom. The van der Waals surface area contributed by atoms with Crippen molar-refractivity contribution in [2.24, 2.45) is 0 Å². The molecule has 0 atom stereocenters. The highest BCUT2D eigenvalue weighted by Crippen LogP contribution is 2.10. The van der Waals surface area contributed by atoms with Crippen LogP contribution in [0.2, 0.25) is 0 Å². The highest BCUT2D eigenvalue weighted by molar-refractivity contribution is 5.73. The Bertz CT molecular complexity index is 650. The summed E-state index contributed by atoms with van der Waals surface area (Å²) in [5.41, 5.74) is 3.90. The molecular weight excluding hydrogens is 222 g/mol. The van der Waals surface area contributed by atoms with E-state index in [1.54, 1.807) is 0 Å². The first-order valence-corrected chi connectivity index (χ1v) is 5.91. The molecule has 1 N–H and O–H groups in total. The maximum absolute atomic E-state index is 4.57. The molecule has 1 heterocycles. The molecule has 1 aromatic heterocycles. The first-order chi connectivity index (χ1) is 8.92. The minimum Gasteiger partial charge on any atom is -0.379 e. The highest BCUT2D eigenvalue weighted by Gasteiger charge is 1.99. The Morgan fingerprint density at radius 2 is 1.56 bits per heavy atom. The van der Waals surface area contributed by atoms with Crippen molar-refractivity contribution in [2.75, 3.05) is 5.32 Å². The number of aromatic nitrogens is 2. The maximum Gasteiger partial charge on any atom is 0.0890 e. The second-order valence-electron chi connectivity index (χ2n) is 4.07. The number of hydrogen-bond acceptors (Lipinski definition) is 3. The van der Waals surface area contributed by atoms with E-state index < -0.39 is 0 Å². The molecule has 0 bridgehead atoms. The molecule has 3 rings (SSSR count). The van der Waals surface area contributed by atoms with Crippen LogP contribution >= 0.6 is 0 Å². The monoisotopic (exact) mass is 235 g/mol. The van der Waals surface area contributed by atoms with Crippen LogP contribution < -0.4 is 5.32 Å². The first kappa shape index (κ1) is 10.7. The van der Waals surface area contributed by atoms with Crippen molar-refractivity contribution in [3.8, 4) is 0 Å². The third kappa shape index (κ3) is 2.30. The molecule has 0 aliphatic heterocycles. The van der Waals surface area contributed by atoms with Gasteiger partial charge in [-0.3, -0.25) is 4.98 Å². The molecule has 2 aromatic carbocycles. The second-order valence-corrected chi connectivity index (χ2v) is 4.07. The number of anilines is 1. The highest BCUT2D eigenvalue weighted by atomic mass is 14.9. The molecule has 0 saturated carbocycles. The van der Waals surface area contributed by atoms with E-state index in [1.807, 2.05) is 60.8 Å². The Labute approximate surface area is 106 Å². The predicted octanol–water partition coefficient (Wildman–Crippen LogP) is 3.24. The van der Waals surface area contributed by atoms with Gasteiger partial charge in [0.2, 0.25) is 0 Å². The molecule has 0 aliphatic rings. The van der Waals surface area contributed by atoms with Gasteiger partial charge in [-0.15, -0.1) is 0 Å². The van der Waals surface area contributed by atoms with Crippen LogP contribution in [0.4, 0.5) is 5.69 Å². The van der Waals surface area contributed by atoms with Crippen molar-refractivity contribution in [3.63, 3.8) is 0 Å². The molecule has 0 radical (unpaired) electrons. The zero-order chi connectivity index (χ0) is 12.2. The zero-order valence-electron chi connectivity index (χ0n) is 9.88. The van der Waals surface area contributed by atoms with Gasteiger partial charge < -0.3 is 5.32 Å². The van der Waals surface area contributed by atoms with Crippen molar-refractivity contribution in [1.29, 1.82) is 0 Å². The summed E-state index contributed by atoms with van der Waals surface area (Å²) in [7, 11) is 0. The van der Waals surface area contributed by atoms with Gasteiger partial charge in [0.15, 0.2) is 0 Å². The van der Waals surface area contributed by atoms with Crippen molar-refractivity contribution in [3.05, 3.63) is 66.5 Å². The molecule has 0 amide bonds. The van der Waals surface area contributed by atoms with E-state index in [-0.39, 0.29) is 0 Å². The Morgan fingerprint density at radius 1 is 0.833 bits per heavy atom. The van der Waals surface area contributed by atoms with Crippen LogP contribution in [0.25, 0.3) is 11.0 Å². The summed E-state index contributed by atoms with van der Waals surface area (Å²) in [5, 5.41) is 3.32. The van der Waals surface area contributed by atoms with E-state index in [1.165, 1.54) is 0 Å². The van der Waals surface area contributed by atoms with Crippen LogP contribution in [0.3, 0.4) is 0 Å². The van der Waals surface area contributed by atoms with Crippen LogP contribution in [0.1, 0.15) is 5.69 Å². The van der Waals surface area contributed by atoms with Crippen molar-refractivity contribution < 1.29 is 0 Å². The summed E-state index contributed by atoms with van der Waals surface area (Å²) in [6.45, 7) is 0.682. The van der Waals surface area contributed by atoms with Gasteiger partial charge in [0.25, 0.3) is 0 Å². The molecule has 0 fully saturated rings. The van der Waals surface area contributed by atoms with Crippen molar-refractivity contribution in [1.82, 2.24) is 9.97 Å². The molecule has 18 heavy (non-hydrogen) atoms. The van der Waals surface area contributed by atoms with E-state index >= 15 is 0 Å². The summed E-state index contributed by atoms with van der Waals surface area (Å²) < 4.78 is 0. The fraction of sp³-hybridized carbons (Fsp3) is 0.0667. The Hall–Kier alpha value is -2.42. The lowest BCUT2D eigenvalue weighted by Crippen LogP contribution is -2.02. The SMILES string of the molecule is c1ccc(NCc2cnc3ccccc3n2)cc1. The summed E-state index contributed by atoms with van der Waals surface area (Å²) >= 11 is 0. The van der Waals surface area contributed by atoms with Gasteiger partial charge in [-0.05, 0) is 24.3 Å². The van der Waals surface area contributed by atoms with Gasteiger partial charge in [0.1, 0.15) is 0 Å². The molecule has 3 nitrogen and oxygen atoms in total. The molecule has 0 spiro atoms. The average Bonchev–Trinajstić information content (AvgIpc) is 2.46. The number of nitrogens with zero attached hydrogens (tertiary/aromatic N) is 2. The minimum absolute atomic E-state index is 0.682. The van der Waals surface area contributed by atoms with E-state index in [2.05, 4.69) is 15.3 Å². The van der Waals surface area contributed by atoms with Gasteiger partial charge in [0, 0.05) is 5.69 Å². The smallest absolute Gasteiger partial charge is 0.0890 e. The summed E-state index contributed by atoms with van der Waals surface area (Å²) in [5.74, 6) is 0. The van der Waals surface area contributed by atoms with Crippen LogP contribution in [-0.4, -0.2) is 9.97 Å². The third-order valence-corrected chi connectivity index (χ3v) is 2.75. The second kappa shape index (κ2) is 4.84. The summed E-state index contributed by atoms with van der Waals surface area (Å²) in [4.78, 5) is 8.96. The molecule has 0 saturated heterocycles. The van der Waals surface area contributed by atoms with Gasteiger partial charge >= 0.3 is 0 Å². The first-order valence-electron chi connectivity index (χ1n) is 5.91. The number of nitrogens with one attached hydrogen (secondary N) is 1. The standard InChI is InChI=1S/C15H13N3/c1-2-6-12(7-3-1)16-10-13-11-17-14-8-4-5-9-15(14)18-13/h1-9,11,16H,10H2. The van der Waals surface area contributed by atoms with Gasteiger partial charge in [0.05, 0.1) is 29.5 Å². The fourth-order valence-corrected chi connectivity index (χ4v) is 1.83.